The third-order valence-electron chi connectivity index (χ3n) is 9.66. The summed E-state index contributed by atoms with van der Waals surface area (Å²) in [5.41, 5.74) is 0.419. The number of anilines is 1. The first-order valence-corrected chi connectivity index (χ1v) is 16.1. The lowest BCUT2D eigenvalue weighted by Gasteiger charge is -2.34. The number of aromatic nitrogens is 1. The molecule has 1 amide bonds. The number of alkyl halides is 6. The van der Waals surface area contributed by atoms with E-state index in [0.717, 1.165) is 30.6 Å². The molecule has 2 aromatic rings. The molecular formula is C36H39F6N3O5. The fraction of sp³-hybridized carbons (Fsp3) is 0.472. The Kier molecular flexibility index (Phi) is 10.3. The average Bonchev–Trinajstić information content (AvgIpc) is 3.26. The number of hydrogen-bond donors (Lipinski definition) is 0. The number of hydrogen-bond acceptors (Lipinski definition) is 7. The number of halogens is 6. The largest absolute Gasteiger partial charge is 0.496 e. The third kappa shape index (κ3) is 7.48. The number of carbonyl (C=O) groups is 2. The van der Waals surface area contributed by atoms with Crippen LogP contribution in [0.4, 0.5) is 37.0 Å². The van der Waals surface area contributed by atoms with Crippen molar-refractivity contribution in [3.63, 3.8) is 0 Å². The van der Waals surface area contributed by atoms with E-state index in [1.807, 2.05) is 31.2 Å². The summed E-state index contributed by atoms with van der Waals surface area (Å²) in [6, 6.07) is 6.88. The van der Waals surface area contributed by atoms with Crippen molar-refractivity contribution >= 4 is 17.9 Å². The molecule has 0 unspecified atom stereocenters. The first-order chi connectivity index (χ1) is 23.4. The second-order valence-electron chi connectivity index (χ2n) is 13.0. The smallest absolute Gasteiger partial charge is 0.416 e. The molecule has 2 saturated heterocycles. The average molecular weight is 708 g/mol. The van der Waals surface area contributed by atoms with Gasteiger partial charge < -0.3 is 19.1 Å². The first kappa shape index (κ1) is 36.8. The second kappa shape index (κ2) is 14.0. The van der Waals surface area contributed by atoms with E-state index in [1.165, 1.54) is 19.1 Å². The first-order valence-electron chi connectivity index (χ1n) is 16.1. The van der Waals surface area contributed by atoms with Crippen molar-refractivity contribution in [2.24, 2.45) is 5.92 Å². The van der Waals surface area contributed by atoms with Gasteiger partial charge in [-0.2, -0.15) is 26.3 Å². The third-order valence-corrected chi connectivity index (χ3v) is 9.66. The summed E-state index contributed by atoms with van der Waals surface area (Å²) in [6.07, 6.45) is -9.46. The van der Waals surface area contributed by atoms with Gasteiger partial charge in [0, 0.05) is 29.8 Å². The normalized spacial score (nSPS) is 22.9. The Labute approximate surface area is 286 Å². The van der Waals surface area contributed by atoms with Gasteiger partial charge in [-0.1, -0.05) is 12.6 Å². The van der Waals surface area contributed by atoms with Gasteiger partial charge in [0.1, 0.15) is 17.7 Å². The van der Waals surface area contributed by atoms with Crippen molar-refractivity contribution in [2.75, 3.05) is 32.2 Å². The van der Waals surface area contributed by atoms with Crippen LogP contribution in [0.15, 0.2) is 59.7 Å². The van der Waals surface area contributed by atoms with Crippen molar-refractivity contribution in [3.8, 4) is 16.9 Å². The van der Waals surface area contributed by atoms with Crippen LogP contribution in [-0.4, -0.2) is 73.8 Å². The Balaban J connectivity index is 1.49. The summed E-state index contributed by atoms with van der Waals surface area (Å²) in [4.78, 5) is 33.7. The molecule has 50 heavy (non-hydrogen) atoms. The van der Waals surface area contributed by atoms with E-state index in [4.69, 9.17) is 19.2 Å². The summed E-state index contributed by atoms with van der Waals surface area (Å²) >= 11 is 0. The van der Waals surface area contributed by atoms with Crippen molar-refractivity contribution in [1.82, 2.24) is 9.88 Å². The highest BCUT2D eigenvalue weighted by Gasteiger charge is 2.43. The van der Waals surface area contributed by atoms with Crippen molar-refractivity contribution in [2.45, 2.75) is 77.0 Å². The number of carbonyl (C=O) groups excluding carboxylic acids is 2. The van der Waals surface area contributed by atoms with E-state index in [1.54, 1.807) is 6.92 Å². The Morgan fingerprint density at radius 3 is 2.32 bits per heavy atom. The number of allylic oxidation sites excluding steroid dienone is 3. The Bertz CT molecular complexity index is 1720. The minimum Gasteiger partial charge on any atom is -0.496 e. The summed E-state index contributed by atoms with van der Waals surface area (Å²) < 4.78 is 96.8. The van der Waals surface area contributed by atoms with Gasteiger partial charge in [0.15, 0.2) is 0 Å². The van der Waals surface area contributed by atoms with E-state index in [9.17, 15) is 35.9 Å². The molecule has 14 heteroatoms. The Hall–Kier alpha value is -4.49. The van der Waals surface area contributed by atoms with Crippen LogP contribution in [0.2, 0.25) is 0 Å². The van der Waals surface area contributed by atoms with Crippen LogP contribution >= 0.6 is 0 Å². The molecule has 0 bridgehead atoms. The fourth-order valence-electron chi connectivity index (χ4n) is 6.50. The molecule has 1 saturated carbocycles. The highest BCUT2D eigenvalue weighted by molar-refractivity contribution is 5.79. The van der Waals surface area contributed by atoms with Gasteiger partial charge in [-0.05, 0) is 93.0 Å². The van der Waals surface area contributed by atoms with E-state index in [2.05, 4.69) is 11.5 Å². The summed E-state index contributed by atoms with van der Waals surface area (Å²) in [5, 5.41) is 0. The molecule has 0 N–H and O–H groups in total. The summed E-state index contributed by atoms with van der Waals surface area (Å²) in [6.45, 7) is 9.18. The molecular weight excluding hydrogens is 668 g/mol. The molecule has 1 aromatic carbocycles. The van der Waals surface area contributed by atoms with Crippen LogP contribution in [0.25, 0.3) is 11.1 Å². The quantitative estimate of drug-likeness (QED) is 0.140. The molecule has 0 radical (unpaired) electrons. The number of methoxy groups -OCH3 is 2. The Morgan fingerprint density at radius 1 is 1.08 bits per heavy atom. The monoisotopic (exact) mass is 707 g/mol. The lowest BCUT2D eigenvalue weighted by atomic mass is 9.71. The molecule has 270 valence electrons. The zero-order valence-electron chi connectivity index (χ0n) is 28.4. The lowest BCUT2D eigenvalue weighted by Crippen LogP contribution is -2.38. The maximum Gasteiger partial charge on any atom is 0.416 e. The number of nitrogens with zero attached hydrogens (tertiary/aromatic N) is 3. The molecule has 1 aliphatic carbocycles. The molecule has 3 fully saturated rings. The molecule has 5 rings (SSSR count). The lowest BCUT2D eigenvalue weighted by molar-refractivity contribution is -0.148. The van der Waals surface area contributed by atoms with Gasteiger partial charge in [-0.25, -0.2) is 9.78 Å². The predicted octanol–water partition coefficient (Wildman–Crippen LogP) is 8.21. The zero-order valence-corrected chi connectivity index (χ0v) is 28.4. The second-order valence-corrected chi connectivity index (χ2v) is 13.0. The number of esters is 1. The molecule has 3 heterocycles. The van der Waals surface area contributed by atoms with Gasteiger partial charge in [-0.3, -0.25) is 9.69 Å². The van der Waals surface area contributed by atoms with Crippen LogP contribution < -0.4 is 9.64 Å². The number of pyridine rings is 1. The molecule has 2 atom stereocenters. The maximum atomic E-state index is 13.8. The molecule has 3 aliphatic rings. The van der Waals surface area contributed by atoms with Gasteiger partial charge in [0.25, 0.3) is 0 Å². The van der Waals surface area contributed by atoms with Crippen molar-refractivity contribution in [3.05, 3.63) is 76.5 Å². The minimum absolute atomic E-state index is 0.00531. The van der Waals surface area contributed by atoms with Crippen LogP contribution in [0.3, 0.4) is 0 Å². The highest BCUT2D eigenvalue weighted by atomic mass is 19.4. The maximum absolute atomic E-state index is 13.8. The van der Waals surface area contributed by atoms with Crippen LogP contribution in [0.5, 0.6) is 5.75 Å². The molecule has 8 nitrogen and oxygen atoms in total. The van der Waals surface area contributed by atoms with Crippen LogP contribution in [0, 0.1) is 12.8 Å². The van der Waals surface area contributed by atoms with E-state index >= 15 is 0 Å². The summed E-state index contributed by atoms with van der Waals surface area (Å²) in [5.74, 6) is 0.946. The number of aryl methyl sites for hydroxylation is 1. The number of rotatable bonds is 10. The highest BCUT2D eigenvalue weighted by Crippen LogP contribution is 2.46. The van der Waals surface area contributed by atoms with Gasteiger partial charge >= 0.3 is 24.4 Å². The number of ether oxygens (including phenoxy) is 3. The van der Waals surface area contributed by atoms with Gasteiger partial charge in [0.2, 0.25) is 0 Å². The van der Waals surface area contributed by atoms with Gasteiger partial charge in [0.05, 0.1) is 44.0 Å². The molecule has 2 aliphatic heterocycles. The van der Waals surface area contributed by atoms with Crippen molar-refractivity contribution in [1.29, 1.82) is 0 Å². The van der Waals surface area contributed by atoms with Gasteiger partial charge in [-0.15, -0.1) is 0 Å². The van der Waals surface area contributed by atoms with Crippen LogP contribution in [-0.2, 0) is 20.8 Å². The minimum atomic E-state index is -5.12. The predicted molar refractivity (Wildman–Crippen MR) is 174 cm³/mol. The van der Waals surface area contributed by atoms with Crippen molar-refractivity contribution < 1.29 is 50.1 Å². The zero-order chi connectivity index (χ0) is 36.7. The number of cyclic esters (lactones) is 1. The number of amides is 1. The van der Waals surface area contributed by atoms with E-state index in [0.29, 0.717) is 54.2 Å². The molecule has 0 spiro atoms. The fourth-order valence-corrected chi connectivity index (χ4v) is 6.50. The van der Waals surface area contributed by atoms with E-state index in [-0.39, 0.29) is 36.0 Å². The summed E-state index contributed by atoms with van der Waals surface area (Å²) in [7, 11) is 2.90. The molecule has 1 aromatic heterocycles. The SMILES string of the molecule is C=C(/C=C(\C=C(/C)C(F)(F)F)C(F)(F)F)[C@H]1OC(=O)N(Cc2nc(N3CCC3)cc(C)c2-c2cc(C3CC(C(=O)OC)C3)ccc2OC)[C@H]1C. The van der Waals surface area contributed by atoms with Crippen LogP contribution in [0.1, 0.15) is 55.8 Å². The van der Waals surface area contributed by atoms with E-state index < -0.39 is 41.7 Å². The number of benzene rings is 1. The topological polar surface area (TPSA) is 81.2 Å². The standard InChI is InChI=1S/C36H39F6N3O5/c1-19-13-30(44-10-7-11-44)43-28(31(19)27-17-23(8-9-29(27)48-5)24-15-25(16-24)33(46)49-6)18-45-22(4)32(50-34(45)47)20(2)12-26(36(40,41)42)14-21(3)35(37,38)39/h8-9,12-14,17,22,24-25,32H,2,7,10-11,15-16,18H2,1,3-6H3/b21-14+,26-12+/t22-,24?,25?,32+/m0/s1. The Morgan fingerprint density at radius 2 is 1.76 bits per heavy atom.